The van der Waals surface area contributed by atoms with Crippen molar-refractivity contribution in [2.75, 3.05) is 5.43 Å². The van der Waals surface area contributed by atoms with E-state index in [0.717, 1.165) is 23.7 Å². The third kappa shape index (κ3) is 2.60. The van der Waals surface area contributed by atoms with Crippen molar-refractivity contribution in [3.05, 3.63) is 53.5 Å². The lowest BCUT2D eigenvalue weighted by atomic mass is 9.87. The Bertz CT molecular complexity index is 887. The van der Waals surface area contributed by atoms with Gasteiger partial charge in [-0.15, -0.1) is 0 Å². The third-order valence-corrected chi connectivity index (χ3v) is 4.57. The van der Waals surface area contributed by atoms with Gasteiger partial charge in [0.25, 0.3) is 5.91 Å². The molecule has 6 nitrogen and oxygen atoms in total. The maximum Gasteiger partial charge on any atom is 0.271 e. The molecule has 0 fully saturated rings. The molecule has 2 aromatic heterocycles. The summed E-state index contributed by atoms with van der Waals surface area (Å²) < 4.78 is 0. The first kappa shape index (κ1) is 14.7. The van der Waals surface area contributed by atoms with Crippen molar-refractivity contribution >= 4 is 22.8 Å². The van der Waals surface area contributed by atoms with Crippen LogP contribution in [0.2, 0.25) is 0 Å². The van der Waals surface area contributed by atoms with E-state index in [4.69, 9.17) is 0 Å². The summed E-state index contributed by atoms with van der Waals surface area (Å²) in [6.45, 7) is 2.28. The summed E-state index contributed by atoms with van der Waals surface area (Å²) in [6, 6.07) is 7.58. The van der Waals surface area contributed by atoms with Crippen LogP contribution < -0.4 is 10.9 Å². The molecule has 24 heavy (non-hydrogen) atoms. The molecule has 3 N–H and O–H groups in total. The molecule has 1 aliphatic carbocycles. The largest absolute Gasteiger partial charge is 0.358 e. The number of amides is 1. The SMILES string of the molecule is C[C@H]1CCc2[nH]c3c(C(=O)NNc4ncccn4)cccc3c2C1. The number of hydrogen-bond donors (Lipinski definition) is 3. The highest BCUT2D eigenvalue weighted by molar-refractivity contribution is 6.07. The fourth-order valence-corrected chi connectivity index (χ4v) is 3.35. The number of anilines is 1. The highest BCUT2D eigenvalue weighted by Crippen LogP contribution is 2.32. The molecule has 0 saturated heterocycles. The van der Waals surface area contributed by atoms with Crippen LogP contribution in [0.1, 0.15) is 35.0 Å². The normalized spacial score (nSPS) is 16.6. The number of para-hydroxylation sites is 1. The third-order valence-electron chi connectivity index (χ3n) is 4.57. The van der Waals surface area contributed by atoms with Crippen LogP contribution in [0.5, 0.6) is 0 Å². The molecule has 3 aromatic rings. The predicted molar refractivity (Wildman–Crippen MR) is 92.6 cm³/mol. The smallest absolute Gasteiger partial charge is 0.271 e. The Kier molecular flexibility index (Phi) is 3.65. The maximum atomic E-state index is 12.6. The topological polar surface area (TPSA) is 82.7 Å². The Morgan fingerprint density at radius 3 is 2.92 bits per heavy atom. The summed E-state index contributed by atoms with van der Waals surface area (Å²) >= 11 is 0. The average Bonchev–Trinajstić information content (AvgIpc) is 2.98. The molecule has 1 atom stereocenters. The summed E-state index contributed by atoms with van der Waals surface area (Å²) in [5, 5.41) is 1.15. The number of carbonyl (C=O) groups excluding carboxylic acids is 1. The zero-order chi connectivity index (χ0) is 16.5. The number of H-pyrrole nitrogens is 1. The minimum atomic E-state index is -0.209. The summed E-state index contributed by atoms with van der Waals surface area (Å²) in [7, 11) is 0. The number of benzene rings is 1. The van der Waals surface area contributed by atoms with Gasteiger partial charge in [-0.05, 0) is 42.9 Å². The summed E-state index contributed by atoms with van der Waals surface area (Å²) in [5.74, 6) is 0.836. The number of carbonyl (C=O) groups is 1. The lowest BCUT2D eigenvalue weighted by Gasteiger charge is -2.17. The molecular weight excluding hydrogens is 302 g/mol. The van der Waals surface area contributed by atoms with Crippen molar-refractivity contribution in [2.24, 2.45) is 5.92 Å². The minimum Gasteiger partial charge on any atom is -0.358 e. The Labute approximate surface area is 139 Å². The van der Waals surface area contributed by atoms with Gasteiger partial charge in [0.05, 0.1) is 11.1 Å². The molecule has 1 aliphatic rings. The maximum absolute atomic E-state index is 12.6. The van der Waals surface area contributed by atoms with Crippen LogP contribution in [0.3, 0.4) is 0 Å². The van der Waals surface area contributed by atoms with E-state index in [-0.39, 0.29) is 5.91 Å². The number of aromatic amines is 1. The van der Waals surface area contributed by atoms with Gasteiger partial charge in [0.1, 0.15) is 0 Å². The predicted octanol–water partition coefficient (Wildman–Crippen LogP) is 2.84. The Morgan fingerprint density at radius 1 is 1.25 bits per heavy atom. The Morgan fingerprint density at radius 2 is 2.08 bits per heavy atom. The van der Waals surface area contributed by atoms with E-state index in [2.05, 4.69) is 38.8 Å². The quantitative estimate of drug-likeness (QED) is 0.648. The molecule has 1 aromatic carbocycles. The van der Waals surface area contributed by atoms with Gasteiger partial charge in [-0.2, -0.15) is 0 Å². The van der Waals surface area contributed by atoms with Crippen molar-refractivity contribution < 1.29 is 4.79 Å². The molecule has 0 aliphatic heterocycles. The minimum absolute atomic E-state index is 0.209. The highest BCUT2D eigenvalue weighted by atomic mass is 16.2. The number of hydrogen-bond acceptors (Lipinski definition) is 4. The van der Waals surface area contributed by atoms with Gasteiger partial charge in [-0.1, -0.05) is 19.1 Å². The molecule has 0 saturated carbocycles. The molecule has 1 amide bonds. The second-order valence-electron chi connectivity index (χ2n) is 6.31. The van der Waals surface area contributed by atoms with E-state index >= 15 is 0 Å². The first-order valence-electron chi connectivity index (χ1n) is 8.18. The lowest BCUT2D eigenvalue weighted by molar-refractivity contribution is 0.0963. The van der Waals surface area contributed by atoms with Gasteiger partial charge >= 0.3 is 0 Å². The van der Waals surface area contributed by atoms with E-state index in [9.17, 15) is 4.79 Å². The van der Waals surface area contributed by atoms with Crippen molar-refractivity contribution in [3.8, 4) is 0 Å². The van der Waals surface area contributed by atoms with E-state index in [1.165, 1.54) is 17.7 Å². The van der Waals surface area contributed by atoms with Crippen molar-refractivity contribution in [1.29, 1.82) is 0 Å². The summed E-state index contributed by atoms with van der Waals surface area (Å²) in [4.78, 5) is 24.1. The number of hydrazine groups is 1. The van der Waals surface area contributed by atoms with Crippen molar-refractivity contribution in [1.82, 2.24) is 20.4 Å². The highest BCUT2D eigenvalue weighted by Gasteiger charge is 2.22. The number of nitrogens with zero attached hydrogens (tertiary/aromatic N) is 2. The monoisotopic (exact) mass is 321 g/mol. The van der Waals surface area contributed by atoms with Gasteiger partial charge in [-0.25, -0.2) is 9.97 Å². The van der Waals surface area contributed by atoms with Crippen molar-refractivity contribution in [3.63, 3.8) is 0 Å². The number of aromatic nitrogens is 3. The molecule has 122 valence electrons. The fourth-order valence-electron chi connectivity index (χ4n) is 3.35. The van der Waals surface area contributed by atoms with Gasteiger partial charge in [0.15, 0.2) is 0 Å². The standard InChI is InChI=1S/C18H19N5O/c1-11-6-7-15-14(10-11)12-4-2-5-13(16(12)21-15)17(24)22-23-18-19-8-3-9-20-18/h2-5,8-9,11,21H,6-7,10H2,1H3,(H,22,24)(H,19,20,23)/t11-/m0/s1. The lowest BCUT2D eigenvalue weighted by Crippen LogP contribution is -2.30. The van der Waals surface area contributed by atoms with E-state index in [1.54, 1.807) is 18.5 Å². The summed E-state index contributed by atoms with van der Waals surface area (Å²) in [6.07, 6.45) is 6.53. The van der Waals surface area contributed by atoms with Crippen LogP contribution >= 0.6 is 0 Å². The zero-order valence-electron chi connectivity index (χ0n) is 13.5. The second-order valence-corrected chi connectivity index (χ2v) is 6.31. The van der Waals surface area contributed by atoms with Crippen LogP contribution in [0.4, 0.5) is 5.95 Å². The Balaban J connectivity index is 1.63. The van der Waals surface area contributed by atoms with Crippen LogP contribution in [-0.4, -0.2) is 20.9 Å². The van der Waals surface area contributed by atoms with Gasteiger partial charge < -0.3 is 4.98 Å². The number of aryl methyl sites for hydroxylation is 1. The number of nitrogens with one attached hydrogen (secondary N) is 3. The average molecular weight is 321 g/mol. The van der Waals surface area contributed by atoms with E-state index < -0.39 is 0 Å². The zero-order valence-corrected chi connectivity index (χ0v) is 13.5. The fraction of sp³-hybridized carbons (Fsp3) is 0.278. The second kappa shape index (κ2) is 5.96. The number of rotatable bonds is 3. The molecular formula is C18H19N5O. The van der Waals surface area contributed by atoms with Crippen molar-refractivity contribution in [2.45, 2.75) is 26.2 Å². The van der Waals surface area contributed by atoms with E-state index in [1.807, 2.05) is 12.1 Å². The van der Waals surface area contributed by atoms with Gasteiger partial charge in [-0.3, -0.25) is 15.6 Å². The van der Waals surface area contributed by atoms with E-state index in [0.29, 0.717) is 17.4 Å². The van der Waals surface area contributed by atoms with Crippen LogP contribution in [0, 0.1) is 5.92 Å². The van der Waals surface area contributed by atoms with Crippen LogP contribution in [0.15, 0.2) is 36.7 Å². The molecule has 0 unspecified atom stereocenters. The molecule has 4 rings (SSSR count). The molecule has 2 heterocycles. The van der Waals surface area contributed by atoms with Gasteiger partial charge in [0, 0.05) is 23.5 Å². The first-order chi connectivity index (χ1) is 11.7. The van der Waals surface area contributed by atoms with Gasteiger partial charge in [0.2, 0.25) is 5.95 Å². The molecule has 0 spiro atoms. The van der Waals surface area contributed by atoms with Crippen LogP contribution in [-0.2, 0) is 12.8 Å². The number of fused-ring (bicyclic) bond motifs is 3. The molecule has 6 heteroatoms. The molecule has 0 bridgehead atoms. The van der Waals surface area contributed by atoms with Crippen LogP contribution in [0.25, 0.3) is 10.9 Å². The Hall–Kier alpha value is -2.89. The summed E-state index contributed by atoms with van der Waals surface area (Å²) in [5.41, 5.74) is 9.56. The molecule has 0 radical (unpaired) electrons. The first-order valence-corrected chi connectivity index (χ1v) is 8.18.